The quantitative estimate of drug-likeness (QED) is 0.130. The van der Waals surface area contributed by atoms with E-state index in [0.29, 0.717) is 24.9 Å². The summed E-state index contributed by atoms with van der Waals surface area (Å²) in [5, 5.41) is 17.2. The molecule has 0 aliphatic carbocycles. The van der Waals surface area contributed by atoms with Gasteiger partial charge in [0.1, 0.15) is 6.04 Å². The van der Waals surface area contributed by atoms with E-state index < -0.39 is 23.9 Å². The smallest absolute Gasteiger partial charge is 0.322 e. The number of fused-ring (bicyclic) bond motifs is 1. The summed E-state index contributed by atoms with van der Waals surface area (Å²) in [6.07, 6.45) is 5.21. The van der Waals surface area contributed by atoms with Crippen LogP contribution in [0.5, 0.6) is 0 Å². The summed E-state index contributed by atoms with van der Waals surface area (Å²) in [4.78, 5) is 52.1. The van der Waals surface area contributed by atoms with Crippen molar-refractivity contribution < 1.29 is 24.4 Å². The van der Waals surface area contributed by atoms with Gasteiger partial charge in [0, 0.05) is 42.0 Å². The maximum atomic E-state index is 13.0. The fourth-order valence-corrected chi connectivity index (χ4v) is 3.84. The van der Waals surface area contributed by atoms with Gasteiger partial charge >= 0.3 is 6.03 Å². The number of unbranched alkanes of at least 4 members (excludes halogenated alkanes) is 3. The highest BCUT2D eigenvalue weighted by Crippen LogP contribution is 2.19. The maximum absolute atomic E-state index is 13.0. The highest BCUT2D eigenvalue weighted by molar-refractivity contribution is 6.05. The summed E-state index contributed by atoms with van der Waals surface area (Å²) < 4.78 is 0. The third-order valence-corrected chi connectivity index (χ3v) is 5.74. The van der Waals surface area contributed by atoms with Crippen LogP contribution in [0, 0.1) is 0 Å². The Kier molecular flexibility index (Phi) is 10.0. The second kappa shape index (κ2) is 13.6. The number of hydrogen-bond donors (Lipinski definition) is 6. The van der Waals surface area contributed by atoms with Crippen molar-refractivity contribution in [1.82, 2.24) is 26.4 Å². The molecule has 1 unspecified atom stereocenters. The number of hydrogen-bond acceptors (Lipinski definition) is 5. The Bertz CT molecular complexity index is 1180. The molecular weight excluding hydrogens is 462 g/mol. The second-order valence-corrected chi connectivity index (χ2v) is 8.40. The molecule has 0 aliphatic heterocycles. The standard InChI is InChI=1S/C26H31N5O5/c32-23(31-36)14-6-1-2-9-15-27-25(34)22(16-19-17-28-21-13-8-7-12-20(19)21)29-26(35)30-24(33)18-10-4-3-5-11-18/h3-5,7-8,10-13,17,22,28,36H,1-2,6,9,14-16H2,(H,27,34)(H,31,32)(H2,29,30,33,35). The van der Waals surface area contributed by atoms with E-state index in [-0.39, 0.29) is 18.7 Å². The lowest BCUT2D eigenvalue weighted by molar-refractivity contribution is -0.129. The molecule has 0 bridgehead atoms. The van der Waals surface area contributed by atoms with Crippen LogP contribution in [0.4, 0.5) is 4.79 Å². The van der Waals surface area contributed by atoms with Crippen molar-refractivity contribution in [2.24, 2.45) is 0 Å². The van der Waals surface area contributed by atoms with Crippen molar-refractivity contribution in [1.29, 1.82) is 0 Å². The average molecular weight is 494 g/mol. The third-order valence-electron chi connectivity index (χ3n) is 5.74. The first-order valence-electron chi connectivity index (χ1n) is 11.9. The second-order valence-electron chi connectivity index (χ2n) is 8.40. The summed E-state index contributed by atoms with van der Waals surface area (Å²) in [5.41, 5.74) is 3.72. The Balaban J connectivity index is 1.57. The van der Waals surface area contributed by atoms with Gasteiger partial charge in [-0.1, -0.05) is 49.2 Å². The first kappa shape index (κ1) is 26.4. The number of H-pyrrole nitrogens is 1. The molecule has 10 nitrogen and oxygen atoms in total. The number of rotatable bonds is 12. The Morgan fingerprint density at radius 2 is 1.61 bits per heavy atom. The number of carbonyl (C=O) groups excluding carboxylic acids is 4. The van der Waals surface area contributed by atoms with E-state index in [0.717, 1.165) is 29.3 Å². The molecule has 1 aromatic heterocycles. The van der Waals surface area contributed by atoms with Gasteiger partial charge in [-0.15, -0.1) is 0 Å². The first-order chi connectivity index (χ1) is 17.5. The van der Waals surface area contributed by atoms with Gasteiger partial charge in [0.25, 0.3) is 5.91 Å². The number of nitrogens with one attached hydrogen (secondary N) is 5. The minimum absolute atomic E-state index is 0.235. The number of amides is 5. The molecule has 3 rings (SSSR count). The zero-order valence-electron chi connectivity index (χ0n) is 19.9. The Morgan fingerprint density at radius 3 is 2.39 bits per heavy atom. The lowest BCUT2D eigenvalue weighted by Crippen LogP contribution is -2.52. The van der Waals surface area contributed by atoms with Crippen LogP contribution in [0.15, 0.2) is 60.8 Å². The molecular formula is C26H31N5O5. The van der Waals surface area contributed by atoms with Gasteiger partial charge in [0.15, 0.2) is 0 Å². The van der Waals surface area contributed by atoms with Crippen molar-refractivity contribution >= 4 is 34.7 Å². The van der Waals surface area contributed by atoms with Gasteiger partial charge in [-0.3, -0.25) is 24.9 Å². The molecule has 0 saturated heterocycles. The topological polar surface area (TPSA) is 152 Å². The molecule has 10 heteroatoms. The summed E-state index contributed by atoms with van der Waals surface area (Å²) >= 11 is 0. The van der Waals surface area contributed by atoms with Crippen molar-refractivity contribution in [3.63, 3.8) is 0 Å². The molecule has 3 aromatic rings. The Labute approximate surface area is 208 Å². The van der Waals surface area contributed by atoms with E-state index in [1.54, 1.807) is 35.8 Å². The predicted octanol–water partition coefficient (Wildman–Crippen LogP) is 2.79. The molecule has 0 saturated carbocycles. The van der Waals surface area contributed by atoms with Crippen LogP contribution >= 0.6 is 0 Å². The number of aromatic amines is 1. The fraction of sp³-hybridized carbons (Fsp3) is 0.308. The van der Waals surface area contributed by atoms with Gasteiger partial charge in [-0.2, -0.15) is 0 Å². The van der Waals surface area contributed by atoms with E-state index in [1.807, 2.05) is 30.5 Å². The monoisotopic (exact) mass is 493 g/mol. The molecule has 0 fully saturated rings. The van der Waals surface area contributed by atoms with E-state index in [1.165, 1.54) is 0 Å². The molecule has 190 valence electrons. The zero-order valence-corrected chi connectivity index (χ0v) is 19.9. The summed E-state index contributed by atoms with van der Waals surface area (Å²) in [5.74, 6) is -1.34. The van der Waals surface area contributed by atoms with Crippen LogP contribution in [0.3, 0.4) is 0 Å². The van der Waals surface area contributed by atoms with Gasteiger partial charge in [0.05, 0.1) is 0 Å². The minimum Gasteiger partial charge on any atom is -0.361 e. The number of para-hydroxylation sites is 1. The predicted molar refractivity (Wildman–Crippen MR) is 134 cm³/mol. The highest BCUT2D eigenvalue weighted by Gasteiger charge is 2.23. The van der Waals surface area contributed by atoms with Crippen LogP contribution in [0.2, 0.25) is 0 Å². The van der Waals surface area contributed by atoms with E-state index in [2.05, 4.69) is 20.9 Å². The highest BCUT2D eigenvalue weighted by atomic mass is 16.5. The molecule has 2 aromatic carbocycles. The molecule has 1 heterocycles. The maximum Gasteiger partial charge on any atom is 0.322 e. The molecule has 1 atom stereocenters. The van der Waals surface area contributed by atoms with Crippen LogP contribution in [0.25, 0.3) is 10.9 Å². The van der Waals surface area contributed by atoms with Crippen molar-refractivity contribution in [3.05, 3.63) is 71.9 Å². The van der Waals surface area contributed by atoms with Gasteiger partial charge in [-0.05, 0) is 36.6 Å². The lowest BCUT2D eigenvalue weighted by Gasteiger charge is -2.18. The lowest BCUT2D eigenvalue weighted by atomic mass is 10.0. The number of hydroxylamine groups is 1. The SMILES string of the molecule is O=C(CCCCCCNC(=O)C(Cc1c[nH]c2ccccc12)NC(=O)NC(=O)c1ccccc1)NO. The molecule has 0 radical (unpaired) electrons. The van der Waals surface area contributed by atoms with E-state index in [4.69, 9.17) is 5.21 Å². The van der Waals surface area contributed by atoms with E-state index >= 15 is 0 Å². The van der Waals surface area contributed by atoms with Crippen molar-refractivity contribution in [2.75, 3.05) is 6.54 Å². The number of imide groups is 1. The molecule has 6 N–H and O–H groups in total. The van der Waals surface area contributed by atoms with Crippen molar-refractivity contribution in [2.45, 2.75) is 44.6 Å². The van der Waals surface area contributed by atoms with Crippen LogP contribution in [-0.4, -0.2) is 46.5 Å². The van der Waals surface area contributed by atoms with Crippen LogP contribution in [0.1, 0.15) is 48.0 Å². The Morgan fingerprint density at radius 1 is 0.889 bits per heavy atom. The fourth-order valence-electron chi connectivity index (χ4n) is 3.84. The minimum atomic E-state index is -0.902. The molecule has 0 spiro atoms. The number of benzene rings is 2. The van der Waals surface area contributed by atoms with Crippen LogP contribution < -0.4 is 21.4 Å². The largest absolute Gasteiger partial charge is 0.361 e. The molecule has 5 amide bonds. The molecule has 36 heavy (non-hydrogen) atoms. The average Bonchev–Trinajstić information content (AvgIpc) is 3.30. The Hall–Kier alpha value is -4.18. The number of aromatic nitrogens is 1. The normalized spacial score (nSPS) is 11.5. The number of urea groups is 1. The van der Waals surface area contributed by atoms with Crippen molar-refractivity contribution in [3.8, 4) is 0 Å². The van der Waals surface area contributed by atoms with Gasteiger partial charge < -0.3 is 15.6 Å². The molecule has 0 aliphatic rings. The first-order valence-corrected chi connectivity index (χ1v) is 11.9. The van der Waals surface area contributed by atoms with Crippen LogP contribution in [-0.2, 0) is 16.0 Å². The zero-order chi connectivity index (χ0) is 25.8. The van der Waals surface area contributed by atoms with Gasteiger partial charge in [-0.25, -0.2) is 10.3 Å². The van der Waals surface area contributed by atoms with Gasteiger partial charge in [0.2, 0.25) is 11.8 Å². The summed E-state index contributed by atoms with van der Waals surface area (Å²) in [6.45, 7) is 0.404. The third kappa shape index (κ3) is 7.95. The summed E-state index contributed by atoms with van der Waals surface area (Å²) in [6, 6.07) is 14.4. The number of carbonyl (C=O) groups is 4. The summed E-state index contributed by atoms with van der Waals surface area (Å²) in [7, 11) is 0. The van der Waals surface area contributed by atoms with E-state index in [9.17, 15) is 19.2 Å².